The summed E-state index contributed by atoms with van der Waals surface area (Å²) in [6, 6.07) is -0.397. The fraction of sp³-hybridized carbons (Fsp3) is 0.600. The highest BCUT2D eigenvalue weighted by Crippen LogP contribution is 2.18. The van der Waals surface area contributed by atoms with Crippen molar-refractivity contribution >= 4 is 29.3 Å². The lowest BCUT2D eigenvalue weighted by Crippen LogP contribution is -2.40. The number of amides is 2. The topological polar surface area (TPSA) is 107 Å². The number of hydrogen-bond acceptors (Lipinski definition) is 7. The molecule has 9 heteroatoms. The predicted molar refractivity (Wildman–Crippen MR) is 88.9 cm³/mol. The van der Waals surface area contributed by atoms with Crippen molar-refractivity contribution in [2.45, 2.75) is 46.3 Å². The molecule has 1 atom stereocenters. The first-order valence-electron chi connectivity index (χ1n) is 7.51. The van der Waals surface area contributed by atoms with Crippen LogP contribution in [0, 0.1) is 0 Å². The first-order chi connectivity index (χ1) is 11.1. The van der Waals surface area contributed by atoms with Crippen LogP contribution in [0.1, 0.15) is 56.2 Å². The molecule has 8 nitrogen and oxygen atoms in total. The zero-order valence-corrected chi connectivity index (χ0v) is 15.3. The van der Waals surface area contributed by atoms with Crippen molar-refractivity contribution in [3.05, 3.63) is 16.1 Å². The minimum Gasteiger partial charge on any atom is -0.461 e. The van der Waals surface area contributed by atoms with Gasteiger partial charge in [-0.1, -0.05) is 0 Å². The van der Waals surface area contributed by atoms with Gasteiger partial charge in [0.2, 0.25) is 5.91 Å². The highest BCUT2D eigenvalue weighted by Gasteiger charge is 2.19. The number of carbonyl (C=O) groups excluding carboxylic acids is 3. The molecular formula is C15H23N3O5S. The van der Waals surface area contributed by atoms with E-state index in [1.54, 1.807) is 40.0 Å². The summed E-state index contributed by atoms with van der Waals surface area (Å²) in [5.41, 5.74) is -0.414. The minimum absolute atomic E-state index is 0.213. The van der Waals surface area contributed by atoms with E-state index in [1.807, 2.05) is 0 Å². The second-order valence-electron chi connectivity index (χ2n) is 5.94. The largest absolute Gasteiger partial charge is 0.461 e. The van der Waals surface area contributed by atoms with Crippen LogP contribution in [-0.4, -0.2) is 41.7 Å². The summed E-state index contributed by atoms with van der Waals surface area (Å²) in [6.45, 7) is 8.71. The fourth-order valence-corrected chi connectivity index (χ4v) is 2.40. The number of alkyl carbamates (subject to hydrolysis) is 1. The summed E-state index contributed by atoms with van der Waals surface area (Å²) in [5.74, 6) is -0.883. The van der Waals surface area contributed by atoms with Gasteiger partial charge in [0, 0.05) is 5.38 Å². The lowest BCUT2D eigenvalue weighted by atomic mass is 10.2. The monoisotopic (exact) mass is 357 g/mol. The van der Waals surface area contributed by atoms with Crippen LogP contribution in [-0.2, 0) is 14.3 Å². The minimum atomic E-state index is -0.663. The molecule has 0 spiro atoms. The Morgan fingerprint density at radius 3 is 2.58 bits per heavy atom. The van der Waals surface area contributed by atoms with Gasteiger partial charge in [0.15, 0.2) is 5.69 Å². The predicted octanol–water partition coefficient (Wildman–Crippen LogP) is 2.02. The highest BCUT2D eigenvalue weighted by molar-refractivity contribution is 7.09. The van der Waals surface area contributed by atoms with Crippen molar-refractivity contribution < 1.29 is 23.9 Å². The smallest absolute Gasteiger partial charge is 0.408 e. The van der Waals surface area contributed by atoms with Gasteiger partial charge in [-0.15, -0.1) is 11.3 Å². The SMILES string of the molecule is CCOC(=O)c1csc([C@H](C)NC(=O)CNC(=O)OC(C)(C)C)n1. The number of esters is 1. The van der Waals surface area contributed by atoms with E-state index in [-0.39, 0.29) is 24.8 Å². The molecule has 1 aromatic heterocycles. The molecule has 0 aliphatic heterocycles. The number of nitrogens with one attached hydrogen (secondary N) is 2. The van der Waals surface area contributed by atoms with Gasteiger partial charge in [-0.05, 0) is 34.6 Å². The molecule has 1 heterocycles. The average Bonchev–Trinajstić information content (AvgIpc) is 2.93. The number of rotatable bonds is 6. The molecule has 0 saturated heterocycles. The number of thiazole rings is 1. The Bertz CT molecular complexity index is 594. The van der Waals surface area contributed by atoms with Crippen molar-refractivity contribution in [1.82, 2.24) is 15.6 Å². The van der Waals surface area contributed by atoms with Gasteiger partial charge in [-0.25, -0.2) is 14.6 Å². The lowest BCUT2D eigenvalue weighted by molar-refractivity contribution is -0.120. The number of nitrogens with zero attached hydrogens (tertiary/aromatic N) is 1. The highest BCUT2D eigenvalue weighted by atomic mass is 32.1. The van der Waals surface area contributed by atoms with Crippen LogP contribution in [0.25, 0.3) is 0 Å². The molecule has 0 aromatic carbocycles. The molecule has 24 heavy (non-hydrogen) atoms. The van der Waals surface area contributed by atoms with E-state index in [0.29, 0.717) is 5.01 Å². The van der Waals surface area contributed by atoms with Gasteiger partial charge in [0.05, 0.1) is 12.6 Å². The zero-order chi connectivity index (χ0) is 18.3. The molecule has 0 aliphatic carbocycles. The Morgan fingerprint density at radius 1 is 1.33 bits per heavy atom. The Kier molecular flexibility index (Phi) is 7.15. The molecule has 0 fully saturated rings. The third-order valence-electron chi connectivity index (χ3n) is 2.55. The summed E-state index contributed by atoms with van der Waals surface area (Å²) in [4.78, 5) is 39.0. The maximum atomic E-state index is 11.8. The average molecular weight is 357 g/mol. The van der Waals surface area contributed by atoms with Crippen molar-refractivity contribution in [2.24, 2.45) is 0 Å². The molecule has 2 N–H and O–H groups in total. The van der Waals surface area contributed by atoms with E-state index in [0.717, 1.165) is 0 Å². The van der Waals surface area contributed by atoms with Gasteiger partial charge in [0.25, 0.3) is 0 Å². The molecule has 1 aromatic rings. The molecule has 0 radical (unpaired) electrons. The van der Waals surface area contributed by atoms with Crippen LogP contribution in [0.3, 0.4) is 0 Å². The van der Waals surface area contributed by atoms with Crippen LogP contribution in [0.15, 0.2) is 5.38 Å². The van der Waals surface area contributed by atoms with Gasteiger partial charge >= 0.3 is 12.1 Å². The van der Waals surface area contributed by atoms with Crippen LogP contribution < -0.4 is 10.6 Å². The quantitative estimate of drug-likeness (QED) is 0.755. The molecule has 0 saturated carbocycles. The first kappa shape index (κ1) is 19.9. The van der Waals surface area contributed by atoms with Gasteiger partial charge in [-0.2, -0.15) is 0 Å². The van der Waals surface area contributed by atoms with Crippen LogP contribution in [0.2, 0.25) is 0 Å². The van der Waals surface area contributed by atoms with Crippen molar-refractivity contribution in [2.75, 3.05) is 13.2 Å². The normalized spacial score (nSPS) is 12.2. The van der Waals surface area contributed by atoms with E-state index >= 15 is 0 Å². The van der Waals surface area contributed by atoms with Gasteiger partial charge < -0.3 is 20.1 Å². The Balaban J connectivity index is 2.47. The molecule has 0 aliphatic rings. The van der Waals surface area contributed by atoms with E-state index < -0.39 is 23.7 Å². The summed E-state index contributed by atoms with van der Waals surface area (Å²) in [6.07, 6.45) is -0.663. The summed E-state index contributed by atoms with van der Waals surface area (Å²) in [5, 5.41) is 7.21. The Hall–Kier alpha value is -2.16. The standard InChI is InChI=1S/C15H23N3O5S/c1-6-22-13(20)10-8-24-12(18-10)9(2)17-11(19)7-16-14(21)23-15(3,4)5/h8-9H,6-7H2,1-5H3,(H,16,21)(H,17,19)/t9-/m0/s1. The number of aromatic nitrogens is 1. The van der Waals surface area contributed by atoms with E-state index in [1.165, 1.54) is 11.3 Å². The van der Waals surface area contributed by atoms with E-state index in [4.69, 9.17) is 9.47 Å². The molecule has 2 amide bonds. The van der Waals surface area contributed by atoms with Crippen molar-refractivity contribution in [3.8, 4) is 0 Å². The molecular weight excluding hydrogens is 334 g/mol. The number of carbonyl (C=O) groups is 3. The molecule has 134 valence electrons. The van der Waals surface area contributed by atoms with E-state index in [2.05, 4.69) is 15.6 Å². The zero-order valence-electron chi connectivity index (χ0n) is 14.5. The van der Waals surface area contributed by atoms with Crippen LogP contribution in [0.5, 0.6) is 0 Å². The molecule has 0 bridgehead atoms. The number of ether oxygens (including phenoxy) is 2. The second kappa shape index (κ2) is 8.62. The molecule has 1 rings (SSSR count). The lowest BCUT2D eigenvalue weighted by Gasteiger charge is -2.19. The van der Waals surface area contributed by atoms with Crippen molar-refractivity contribution in [3.63, 3.8) is 0 Å². The van der Waals surface area contributed by atoms with Gasteiger partial charge in [0.1, 0.15) is 17.2 Å². The number of hydrogen-bond donors (Lipinski definition) is 2. The first-order valence-corrected chi connectivity index (χ1v) is 8.39. The maximum absolute atomic E-state index is 11.8. The third-order valence-corrected chi connectivity index (χ3v) is 3.57. The molecule has 0 unspecified atom stereocenters. The Labute approximate surface area is 144 Å². The second-order valence-corrected chi connectivity index (χ2v) is 6.83. The van der Waals surface area contributed by atoms with Crippen molar-refractivity contribution in [1.29, 1.82) is 0 Å². The Morgan fingerprint density at radius 2 is 2.00 bits per heavy atom. The maximum Gasteiger partial charge on any atom is 0.408 e. The van der Waals surface area contributed by atoms with Crippen LogP contribution >= 0.6 is 11.3 Å². The summed E-state index contributed by atoms with van der Waals surface area (Å²) in [7, 11) is 0. The van der Waals surface area contributed by atoms with Crippen LogP contribution in [0.4, 0.5) is 4.79 Å². The third kappa shape index (κ3) is 6.95. The van der Waals surface area contributed by atoms with E-state index in [9.17, 15) is 14.4 Å². The summed E-state index contributed by atoms with van der Waals surface area (Å²) < 4.78 is 9.90. The summed E-state index contributed by atoms with van der Waals surface area (Å²) >= 11 is 1.25. The van der Waals surface area contributed by atoms with Gasteiger partial charge in [-0.3, -0.25) is 4.79 Å². The fourth-order valence-electron chi connectivity index (χ4n) is 1.61.